The number of fused-ring (bicyclic) bond motifs is 1. The maximum Gasteiger partial charge on any atom is 0.264 e. The van der Waals surface area contributed by atoms with Gasteiger partial charge in [0.05, 0.1) is 29.7 Å². The molecule has 8 nitrogen and oxygen atoms in total. The van der Waals surface area contributed by atoms with Gasteiger partial charge < -0.3 is 10.4 Å². The molecule has 5 rings (SSSR count). The molecule has 1 saturated heterocycles. The van der Waals surface area contributed by atoms with Gasteiger partial charge in [-0.1, -0.05) is 24.3 Å². The lowest BCUT2D eigenvalue weighted by Gasteiger charge is -2.32. The average Bonchev–Trinajstić information content (AvgIpc) is 3.26. The lowest BCUT2D eigenvalue weighted by Crippen LogP contribution is -2.46. The highest BCUT2D eigenvalue weighted by Crippen LogP contribution is 2.20. The summed E-state index contributed by atoms with van der Waals surface area (Å²) in [6.45, 7) is 1.72. The fraction of sp³-hybridized carbons (Fsp3) is 0.250. The number of piperidine rings is 1. The second kappa shape index (κ2) is 8.49. The molecule has 4 aromatic rings. The lowest BCUT2D eigenvalue weighted by atomic mass is 9.92. The van der Waals surface area contributed by atoms with Crippen LogP contribution in [0, 0.1) is 0 Å². The second-order valence-corrected chi connectivity index (χ2v) is 8.13. The number of nitrogens with one attached hydrogen (secondary N) is 1. The number of aliphatic hydroxyl groups is 1. The van der Waals surface area contributed by atoms with E-state index in [-0.39, 0.29) is 12.1 Å². The summed E-state index contributed by atoms with van der Waals surface area (Å²) < 4.78 is 3.15. The van der Waals surface area contributed by atoms with Gasteiger partial charge in [0.2, 0.25) is 0 Å². The zero-order valence-electron chi connectivity index (χ0n) is 17.6. The highest BCUT2D eigenvalue weighted by molar-refractivity contribution is 5.75. The van der Waals surface area contributed by atoms with Gasteiger partial charge in [-0.15, -0.1) is 0 Å². The van der Waals surface area contributed by atoms with Crippen LogP contribution in [0.4, 0.5) is 0 Å². The van der Waals surface area contributed by atoms with Crippen molar-refractivity contribution in [3.8, 4) is 5.69 Å². The van der Waals surface area contributed by atoms with Gasteiger partial charge >= 0.3 is 0 Å². The molecule has 2 N–H and O–H groups in total. The minimum atomic E-state index is -0.890. The van der Waals surface area contributed by atoms with Crippen LogP contribution in [-0.2, 0) is 6.54 Å². The van der Waals surface area contributed by atoms with Gasteiger partial charge in [0, 0.05) is 6.20 Å². The fourth-order valence-corrected chi connectivity index (χ4v) is 4.00. The third kappa shape index (κ3) is 4.10. The Morgan fingerprint density at radius 1 is 1.06 bits per heavy atom. The molecule has 1 aromatic carbocycles. The van der Waals surface area contributed by atoms with E-state index in [1.54, 1.807) is 17.1 Å². The predicted octanol–water partition coefficient (Wildman–Crippen LogP) is 2.26. The first kappa shape index (κ1) is 20.3. The van der Waals surface area contributed by atoms with Gasteiger partial charge in [-0.25, -0.2) is 9.67 Å². The van der Waals surface area contributed by atoms with E-state index in [2.05, 4.69) is 20.4 Å². The Bertz CT molecular complexity index is 1300. The molecule has 8 heteroatoms. The molecule has 1 aliphatic rings. The molecular weight excluding hydrogens is 404 g/mol. The largest absolute Gasteiger partial charge is 0.388 e. The van der Waals surface area contributed by atoms with E-state index in [1.165, 1.54) is 10.9 Å². The third-order valence-electron chi connectivity index (χ3n) is 5.83. The summed E-state index contributed by atoms with van der Waals surface area (Å²) in [5, 5.41) is 18.8. The molecule has 162 valence electrons. The van der Waals surface area contributed by atoms with Crippen LogP contribution in [0.25, 0.3) is 28.9 Å². The van der Waals surface area contributed by atoms with E-state index in [0.29, 0.717) is 23.9 Å². The van der Waals surface area contributed by atoms with Crippen LogP contribution in [0.15, 0.2) is 66.0 Å². The Hall–Kier alpha value is -3.62. The minimum absolute atomic E-state index is 0.192. The normalized spacial score (nSPS) is 16.0. The van der Waals surface area contributed by atoms with Gasteiger partial charge in [-0.05, 0) is 61.8 Å². The number of aromatic nitrogens is 5. The van der Waals surface area contributed by atoms with Gasteiger partial charge in [-0.3, -0.25) is 14.3 Å². The van der Waals surface area contributed by atoms with Crippen molar-refractivity contribution in [2.75, 3.05) is 13.1 Å². The van der Waals surface area contributed by atoms with Crippen LogP contribution >= 0.6 is 0 Å². The smallest absolute Gasteiger partial charge is 0.264 e. The van der Waals surface area contributed by atoms with Crippen molar-refractivity contribution in [1.29, 1.82) is 0 Å². The van der Waals surface area contributed by atoms with Gasteiger partial charge in [0.15, 0.2) is 5.65 Å². The van der Waals surface area contributed by atoms with Crippen molar-refractivity contribution in [3.63, 3.8) is 0 Å². The Kier molecular flexibility index (Phi) is 5.38. The van der Waals surface area contributed by atoms with E-state index in [1.807, 2.05) is 54.6 Å². The Morgan fingerprint density at radius 3 is 2.62 bits per heavy atom. The molecule has 0 bridgehead atoms. The van der Waals surface area contributed by atoms with Gasteiger partial charge in [0.25, 0.3) is 5.56 Å². The molecule has 0 radical (unpaired) electrons. The van der Waals surface area contributed by atoms with Crippen molar-refractivity contribution >= 4 is 23.2 Å². The maximum atomic E-state index is 13.0. The Labute approximate surface area is 184 Å². The van der Waals surface area contributed by atoms with Crippen molar-refractivity contribution in [1.82, 2.24) is 29.6 Å². The molecule has 1 aliphatic heterocycles. The predicted molar refractivity (Wildman–Crippen MR) is 123 cm³/mol. The quantitative estimate of drug-likeness (QED) is 0.506. The fourth-order valence-electron chi connectivity index (χ4n) is 4.00. The summed E-state index contributed by atoms with van der Waals surface area (Å²) >= 11 is 0. The Morgan fingerprint density at radius 2 is 1.88 bits per heavy atom. The molecule has 4 heterocycles. The lowest BCUT2D eigenvalue weighted by molar-refractivity contribution is -0.00627. The molecule has 32 heavy (non-hydrogen) atoms. The molecule has 0 aliphatic carbocycles. The van der Waals surface area contributed by atoms with E-state index in [0.717, 1.165) is 30.0 Å². The number of pyridine rings is 1. The highest BCUT2D eigenvalue weighted by Gasteiger charge is 2.30. The number of nitrogens with zero attached hydrogens (tertiary/aromatic N) is 5. The van der Waals surface area contributed by atoms with E-state index in [9.17, 15) is 9.90 Å². The van der Waals surface area contributed by atoms with E-state index in [4.69, 9.17) is 0 Å². The van der Waals surface area contributed by atoms with Gasteiger partial charge in [0.1, 0.15) is 11.7 Å². The number of rotatable bonds is 5. The van der Waals surface area contributed by atoms with Crippen molar-refractivity contribution in [3.05, 3.63) is 82.8 Å². The number of hydrogen-bond acceptors (Lipinski definition) is 6. The minimum Gasteiger partial charge on any atom is -0.388 e. The second-order valence-electron chi connectivity index (χ2n) is 8.13. The first-order valence-corrected chi connectivity index (χ1v) is 10.7. The van der Waals surface area contributed by atoms with Crippen molar-refractivity contribution in [2.45, 2.75) is 25.0 Å². The topological polar surface area (TPSA) is 97.9 Å². The van der Waals surface area contributed by atoms with Crippen LogP contribution < -0.4 is 10.9 Å². The summed E-state index contributed by atoms with van der Waals surface area (Å²) in [6, 6.07) is 13.6. The third-order valence-corrected chi connectivity index (χ3v) is 5.83. The number of hydrogen-bond donors (Lipinski definition) is 2. The van der Waals surface area contributed by atoms with Crippen molar-refractivity contribution in [2.24, 2.45) is 0 Å². The molecule has 1 fully saturated rings. The molecule has 0 unspecified atom stereocenters. The molecule has 0 spiro atoms. The Balaban J connectivity index is 1.39. The first-order valence-electron chi connectivity index (χ1n) is 10.7. The van der Waals surface area contributed by atoms with Crippen LogP contribution in [-0.4, -0.2) is 48.1 Å². The standard InChI is InChI=1S/C24H24N6O2/c31-23-21-15-28-30(22(21)27-17-29(23)16-24(32)10-13-25-14-11-24)20-8-5-18(6-9-20)4-7-19-3-1-2-12-26-19/h1-9,12,15,17,25,32H,10-11,13-14,16H2/b7-4+. The molecule has 3 aromatic heterocycles. The molecule has 0 atom stereocenters. The van der Waals surface area contributed by atoms with Gasteiger partial charge in [-0.2, -0.15) is 5.10 Å². The SMILES string of the molecule is O=c1c2cnn(-c3ccc(/C=C/c4ccccn4)cc3)c2ncn1CC1(O)CCNCC1. The molecule has 0 saturated carbocycles. The number of benzene rings is 1. The summed E-state index contributed by atoms with van der Waals surface area (Å²) in [5.41, 5.74) is 2.16. The van der Waals surface area contributed by atoms with Crippen LogP contribution in [0.2, 0.25) is 0 Å². The molecular formula is C24H24N6O2. The summed E-state index contributed by atoms with van der Waals surface area (Å²) in [5.74, 6) is 0. The van der Waals surface area contributed by atoms with E-state index < -0.39 is 5.60 Å². The van der Waals surface area contributed by atoms with Crippen LogP contribution in [0.5, 0.6) is 0 Å². The van der Waals surface area contributed by atoms with E-state index >= 15 is 0 Å². The highest BCUT2D eigenvalue weighted by atomic mass is 16.3. The monoisotopic (exact) mass is 428 g/mol. The maximum absolute atomic E-state index is 13.0. The summed E-state index contributed by atoms with van der Waals surface area (Å²) in [4.78, 5) is 21.8. The van der Waals surface area contributed by atoms with Crippen LogP contribution in [0.3, 0.4) is 0 Å². The zero-order chi connectivity index (χ0) is 22.0. The zero-order valence-corrected chi connectivity index (χ0v) is 17.6. The summed E-state index contributed by atoms with van der Waals surface area (Å²) in [7, 11) is 0. The summed E-state index contributed by atoms with van der Waals surface area (Å²) in [6.07, 6.45) is 9.98. The van der Waals surface area contributed by atoms with Crippen LogP contribution in [0.1, 0.15) is 24.1 Å². The van der Waals surface area contributed by atoms with Crippen molar-refractivity contribution < 1.29 is 5.11 Å². The first-order chi connectivity index (χ1) is 15.6. The molecule has 0 amide bonds. The average molecular weight is 428 g/mol.